The van der Waals surface area contributed by atoms with Crippen LogP contribution in [0.3, 0.4) is 0 Å². The lowest BCUT2D eigenvalue weighted by molar-refractivity contribution is -0.385. The van der Waals surface area contributed by atoms with Crippen LogP contribution in [0, 0.1) is 16.0 Å². The van der Waals surface area contributed by atoms with Gasteiger partial charge >= 0.3 is 5.97 Å². The number of benzene rings is 3. The van der Waals surface area contributed by atoms with Crippen molar-refractivity contribution in [2.24, 2.45) is 5.92 Å². The third kappa shape index (κ3) is 4.88. The van der Waals surface area contributed by atoms with E-state index in [-0.39, 0.29) is 22.3 Å². The smallest absolute Gasteiger partial charge is 0.344 e. The zero-order valence-corrected chi connectivity index (χ0v) is 23.7. The minimum Gasteiger partial charge on any atom is -0.465 e. The zero-order valence-electron chi connectivity index (χ0n) is 22.7. The predicted molar refractivity (Wildman–Crippen MR) is 153 cm³/mol. The molecule has 1 aliphatic rings. The van der Waals surface area contributed by atoms with Crippen LogP contribution >= 0.6 is 0 Å². The number of methoxy groups -OCH3 is 1. The first-order valence-electron chi connectivity index (χ1n) is 13.1. The molecule has 0 aliphatic heterocycles. The number of rotatable bonds is 8. The molecule has 0 atom stereocenters. The topological polar surface area (TPSA) is 96.5 Å². The molecule has 3 aromatic carbocycles. The predicted octanol–water partition coefficient (Wildman–Crippen LogP) is 5.26. The summed E-state index contributed by atoms with van der Waals surface area (Å²) in [5.41, 5.74) is 0.164. The van der Waals surface area contributed by atoms with Gasteiger partial charge in [-0.1, -0.05) is 81.4 Å². The van der Waals surface area contributed by atoms with Crippen molar-refractivity contribution in [3.05, 3.63) is 94.7 Å². The van der Waals surface area contributed by atoms with Gasteiger partial charge < -0.3 is 9.16 Å². The second-order valence-electron chi connectivity index (χ2n) is 11.3. The van der Waals surface area contributed by atoms with Gasteiger partial charge in [0.1, 0.15) is 5.56 Å². The molecule has 9 heteroatoms. The van der Waals surface area contributed by atoms with Crippen molar-refractivity contribution in [3.63, 3.8) is 0 Å². The number of hydrogen-bond donors (Lipinski definition) is 0. The second kappa shape index (κ2) is 10.4. The van der Waals surface area contributed by atoms with E-state index in [1.165, 1.54) is 29.6 Å². The van der Waals surface area contributed by atoms with Crippen molar-refractivity contribution in [3.8, 4) is 0 Å². The Labute approximate surface area is 228 Å². The van der Waals surface area contributed by atoms with Crippen LogP contribution in [0.1, 0.15) is 50.0 Å². The summed E-state index contributed by atoms with van der Waals surface area (Å²) in [6.45, 7) is 7.49. The lowest BCUT2D eigenvalue weighted by Gasteiger charge is -2.45. The third-order valence-corrected chi connectivity index (χ3v) is 12.8. The Bertz CT molecular complexity index is 1450. The Morgan fingerprint density at radius 1 is 1.05 bits per heavy atom. The van der Waals surface area contributed by atoms with E-state index in [2.05, 4.69) is 74.4 Å². The highest BCUT2D eigenvalue weighted by molar-refractivity contribution is 6.99. The SMILES string of the molecule is COC(=O)c1cc2nn(C3CC(CO[Si](c4ccccc4)(c4ccccc4)C(C)(C)C)C3)cc2cc1[N+](=O)[O-]. The Morgan fingerprint density at radius 3 is 2.15 bits per heavy atom. The minimum atomic E-state index is -2.59. The molecule has 0 N–H and O–H groups in total. The molecule has 39 heavy (non-hydrogen) atoms. The molecule has 8 nitrogen and oxygen atoms in total. The molecule has 0 amide bonds. The first kappa shape index (κ1) is 26.8. The molecular weight excluding hydrogens is 510 g/mol. The molecule has 202 valence electrons. The highest BCUT2D eigenvalue weighted by Crippen LogP contribution is 2.42. The Kier molecular flexibility index (Phi) is 7.13. The van der Waals surface area contributed by atoms with Crippen molar-refractivity contribution < 1.29 is 18.9 Å². The summed E-state index contributed by atoms with van der Waals surface area (Å²) >= 11 is 0. The molecule has 1 fully saturated rings. The van der Waals surface area contributed by atoms with Crippen LogP contribution in [-0.4, -0.2) is 42.7 Å². The molecule has 1 aliphatic carbocycles. The number of fused-ring (bicyclic) bond motifs is 1. The van der Waals surface area contributed by atoms with Crippen molar-refractivity contribution in [1.82, 2.24) is 9.78 Å². The summed E-state index contributed by atoms with van der Waals surface area (Å²) in [5.74, 6) is -0.369. The van der Waals surface area contributed by atoms with E-state index in [0.29, 0.717) is 23.4 Å². The van der Waals surface area contributed by atoms with Gasteiger partial charge in [-0.3, -0.25) is 14.8 Å². The maximum atomic E-state index is 12.1. The molecule has 0 radical (unpaired) electrons. The Balaban J connectivity index is 1.36. The van der Waals surface area contributed by atoms with Gasteiger partial charge in [0.25, 0.3) is 14.0 Å². The average Bonchev–Trinajstić information content (AvgIpc) is 3.31. The lowest BCUT2D eigenvalue weighted by atomic mass is 9.81. The molecule has 1 saturated carbocycles. The molecule has 0 bridgehead atoms. The second-order valence-corrected chi connectivity index (χ2v) is 15.6. The van der Waals surface area contributed by atoms with E-state index in [4.69, 9.17) is 9.16 Å². The summed E-state index contributed by atoms with van der Waals surface area (Å²) in [6, 6.07) is 24.3. The van der Waals surface area contributed by atoms with Crippen LogP contribution < -0.4 is 10.4 Å². The number of nitro benzene ring substituents is 1. The van der Waals surface area contributed by atoms with Crippen LogP contribution in [0.2, 0.25) is 5.04 Å². The number of nitrogens with zero attached hydrogens (tertiary/aromatic N) is 3. The minimum absolute atomic E-state index is 0.0787. The van der Waals surface area contributed by atoms with Crippen LogP contribution in [0.4, 0.5) is 5.69 Å². The van der Waals surface area contributed by atoms with Crippen molar-refractivity contribution >= 4 is 41.3 Å². The van der Waals surface area contributed by atoms with E-state index in [0.717, 1.165) is 12.8 Å². The summed E-state index contributed by atoms with van der Waals surface area (Å²) in [5, 5.41) is 19.2. The first-order chi connectivity index (χ1) is 18.6. The maximum Gasteiger partial charge on any atom is 0.344 e. The molecule has 0 unspecified atom stereocenters. The number of hydrogen-bond acceptors (Lipinski definition) is 6. The molecule has 5 rings (SSSR count). The monoisotopic (exact) mass is 543 g/mol. The van der Waals surface area contributed by atoms with Crippen LogP contribution in [0.25, 0.3) is 10.9 Å². The molecular formula is C30H33N3O5Si. The molecule has 4 aromatic rings. The average molecular weight is 544 g/mol. The van der Waals surface area contributed by atoms with Gasteiger partial charge in [0.05, 0.1) is 23.6 Å². The standard InChI is InChI=1S/C30H33N3O5Si/c1-30(2,3)39(24-11-7-5-8-12-24,25-13-9-6-10-14-25)38-20-21-15-23(16-21)32-19-22-17-28(33(35)36)26(29(34)37-4)18-27(22)31-32/h5-14,17-19,21,23H,15-16,20H2,1-4H3. The van der Waals surface area contributed by atoms with Crippen molar-refractivity contribution in [2.45, 2.75) is 44.7 Å². The fourth-order valence-corrected chi connectivity index (χ4v) is 10.4. The fraction of sp³-hybridized carbons (Fsp3) is 0.333. The fourth-order valence-electron chi connectivity index (χ4n) is 5.75. The number of nitro groups is 1. The summed E-state index contributed by atoms with van der Waals surface area (Å²) < 4.78 is 13.7. The lowest BCUT2D eigenvalue weighted by Crippen LogP contribution is -2.67. The molecule has 0 saturated heterocycles. The van der Waals surface area contributed by atoms with Gasteiger partial charge in [-0.2, -0.15) is 5.10 Å². The third-order valence-electron chi connectivity index (χ3n) is 7.78. The summed E-state index contributed by atoms with van der Waals surface area (Å²) in [6.07, 6.45) is 3.63. The quantitative estimate of drug-likeness (QED) is 0.130. The number of ether oxygens (including phenoxy) is 1. The van der Waals surface area contributed by atoms with Gasteiger partial charge in [-0.05, 0) is 40.2 Å². The van der Waals surface area contributed by atoms with Gasteiger partial charge in [-0.15, -0.1) is 0 Å². The van der Waals surface area contributed by atoms with E-state index in [9.17, 15) is 14.9 Å². The summed E-state index contributed by atoms with van der Waals surface area (Å²) in [7, 11) is -1.38. The van der Waals surface area contributed by atoms with Gasteiger partial charge in [0.15, 0.2) is 0 Å². The van der Waals surface area contributed by atoms with Crippen molar-refractivity contribution in [2.75, 3.05) is 13.7 Å². The molecule has 1 heterocycles. The van der Waals surface area contributed by atoms with E-state index in [1.807, 2.05) is 23.0 Å². The first-order valence-corrected chi connectivity index (χ1v) is 15.1. The number of esters is 1. The number of carbonyl (C=O) groups excluding carboxylic acids is 1. The van der Waals surface area contributed by atoms with Crippen molar-refractivity contribution in [1.29, 1.82) is 0 Å². The van der Waals surface area contributed by atoms with Crippen LogP contribution in [0.5, 0.6) is 0 Å². The largest absolute Gasteiger partial charge is 0.465 e. The number of carbonyl (C=O) groups is 1. The Morgan fingerprint density at radius 2 is 1.64 bits per heavy atom. The normalized spacial score (nSPS) is 17.5. The van der Waals surface area contributed by atoms with Crippen LogP contribution in [-0.2, 0) is 9.16 Å². The van der Waals surface area contributed by atoms with Gasteiger partial charge in [0.2, 0.25) is 0 Å². The number of aromatic nitrogens is 2. The maximum absolute atomic E-state index is 12.1. The summed E-state index contributed by atoms with van der Waals surface area (Å²) in [4.78, 5) is 23.1. The van der Waals surface area contributed by atoms with E-state index >= 15 is 0 Å². The van der Waals surface area contributed by atoms with Crippen LogP contribution in [0.15, 0.2) is 79.0 Å². The highest BCUT2D eigenvalue weighted by Gasteiger charge is 2.50. The van der Waals surface area contributed by atoms with Gasteiger partial charge in [0, 0.05) is 24.3 Å². The molecule has 1 aromatic heterocycles. The highest BCUT2D eigenvalue weighted by atomic mass is 28.4. The van der Waals surface area contributed by atoms with E-state index < -0.39 is 19.2 Å². The van der Waals surface area contributed by atoms with E-state index in [1.54, 1.807) is 0 Å². The Hall–Kier alpha value is -3.82. The zero-order chi connectivity index (χ0) is 27.8. The molecule has 0 spiro atoms. The van der Waals surface area contributed by atoms with Gasteiger partial charge in [-0.25, -0.2) is 4.79 Å².